The Morgan fingerprint density at radius 1 is 1.07 bits per heavy atom. The average molecular weight is 417 g/mol. The third-order valence-electron chi connectivity index (χ3n) is 3.68. The van der Waals surface area contributed by atoms with E-state index in [2.05, 4.69) is 15.4 Å². The van der Waals surface area contributed by atoms with Gasteiger partial charge in [-0.05, 0) is 30.3 Å². The summed E-state index contributed by atoms with van der Waals surface area (Å²) in [7, 11) is 0. The molecule has 0 radical (unpaired) electrons. The van der Waals surface area contributed by atoms with E-state index in [4.69, 9.17) is 10.00 Å². The molecule has 0 aliphatic heterocycles. The molecule has 1 amide bonds. The van der Waals surface area contributed by atoms with Crippen LogP contribution in [0.1, 0.15) is 11.4 Å². The van der Waals surface area contributed by atoms with Gasteiger partial charge in [-0.3, -0.25) is 15.2 Å². The molecule has 152 valence electrons. The molecule has 0 saturated heterocycles. The molecule has 3 aromatic rings. The molecule has 0 saturated carbocycles. The minimum Gasteiger partial charge on any atom is -0.457 e. The number of amides is 1. The second-order valence-corrected chi connectivity index (χ2v) is 5.72. The number of nitrogens with one attached hydrogen (secondary N) is 1. The van der Waals surface area contributed by atoms with Crippen molar-refractivity contribution in [3.63, 3.8) is 0 Å². The molecule has 7 nitrogen and oxygen atoms in total. The normalized spacial score (nSPS) is 10.8. The highest BCUT2D eigenvalue weighted by Crippen LogP contribution is 2.30. The molecule has 2 heterocycles. The van der Waals surface area contributed by atoms with Gasteiger partial charge in [0.1, 0.15) is 29.0 Å². The van der Waals surface area contributed by atoms with Gasteiger partial charge in [-0.1, -0.05) is 0 Å². The predicted molar refractivity (Wildman–Crippen MR) is 96.8 cm³/mol. The fraction of sp³-hybridized carbons (Fsp3) is 0.0526. The van der Waals surface area contributed by atoms with Crippen LogP contribution >= 0.6 is 0 Å². The van der Waals surface area contributed by atoms with Gasteiger partial charge in [-0.2, -0.15) is 18.4 Å². The Bertz CT molecular complexity index is 1110. The van der Waals surface area contributed by atoms with Crippen LogP contribution in [0.4, 0.5) is 28.9 Å². The van der Waals surface area contributed by atoms with Gasteiger partial charge in [0, 0.05) is 24.5 Å². The third kappa shape index (κ3) is 4.79. The van der Waals surface area contributed by atoms with E-state index in [1.54, 1.807) is 0 Å². The molecule has 3 rings (SSSR count). The highest BCUT2D eigenvalue weighted by molar-refractivity contribution is 5.78. The summed E-state index contributed by atoms with van der Waals surface area (Å²) in [6.07, 6.45) is -2.27. The number of nitrogens with zero attached hydrogens (tertiary/aromatic N) is 4. The maximum Gasteiger partial charge on any atom is 0.433 e. The maximum atomic E-state index is 14.4. The standard InChI is InChI=1S/C19H11F4N5O2/c20-16-9-14(30-15-4-6-25-12(7-15)10-24)1-2-17(16)27-28(11-29)13-3-5-26-18(8-13)19(21,22)23/h1-9,11,27H. The van der Waals surface area contributed by atoms with E-state index < -0.39 is 17.7 Å². The lowest BCUT2D eigenvalue weighted by molar-refractivity contribution is -0.141. The van der Waals surface area contributed by atoms with Gasteiger partial charge in [0.25, 0.3) is 0 Å². The van der Waals surface area contributed by atoms with E-state index in [1.807, 2.05) is 6.07 Å². The summed E-state index contributed by atoms with van der Waals surface area (Å²) in [6.45, 7) is 0. The van der Waals surface area contributed by atoms with Crippen LogP contribution < -0.4 is 15.2 Å². The first-order valence-corrected chi connectivity index (χ1v) is 8.18. The number of anilines is 2. The van der Waals surface area contributed by atoms with Gasteiger partial charge in [-0.15, -0.1) is 0 Å². The maximum absolute atomic E-state index is 14.4. The summed E-state index contributed by atoms with van der Waals surface area (Å²) >= 11 is 0. The number of ether oxygens (including phenoxy) is 1. The first-order valence-electron chi connectivity index (χ1n) is 8.18. The summed E-state index contributed by atoms with van der Waals surface area (Å²) in [6, 6.07) is 10.1. The van der Waals surface area contributed by atoms with E-state index in [1.165, 1.54) is 30.5 Å². The van der Waals surface area contributed by atoms with Gasteiger partial charge in [0.05, 0.1) is 11.4 Å². The van der Waals surface area contributed by atoms with Gasteiger partial charge in [-0.25, -0.2) is 14.4 Å². The number of hydrazine groups is 1. The number of carbonyl (C=O) groups excluding carboxylic acids is 1. The number of aromatic nitrogens is 2. The lowest BCUT2D eigenvalue weighted by Crippen LogP contribution is -2.29. The van der Waals surface area contributed by atoms with Crippen molar-refractivity contribution in [1.82, 2.24) is 9.97 Å². The molecule has 0 atom stereocenters. The van der Waals surface area contributed by atoms with Crippen LogP contribution in [-0.4, -0.2) is 16.4 Å². The molecule has 0 spiro atoms. The van der Waals surface area contributed by atoms with Crippen molar-refractivity contribution in [2.45, 2.75) is 6.18 Å². The molecular weight excluding hydrogens is 406 g/mol. The summed E-state index contributed by atoms with van der Waals surface area (Å²) in [5.41, 5.74) is 0.925. The fourth-order valence-electron chi connectivity index (χ4n) is 2.33. The van der Waals surface area contributed by atoms with Crippen LogP contribution in [0.3, 0.4) is 0 Å². The zero-order valence-electron chi connectivity index (χ0n) is 14.9. The number of hydrogen-bond acceptors (Lipinski definition) is 6. The fourth-order valence-corrected chi connectivity index (χ4v) is 2.33. The average Bonchev–Trinajstić information content (AvgIpc) is 2.73. The van der Waals surface area contributed by atoms with Crippen molar-refractivity contribution in [3.05, 3.63) is 72.1 Å². The minimum atomic E-state index is -4.70. The van der Waals surface area contributed by atoms with Crippen molar-refractivity contribution in [2.75, 3.05) is 10.4 Å². The Balaban J connectivity index is 1.79. The van der Waals surface area contributed by atoms with E-state index in [-0.39, 0.29) is 35.0 Å². The highest BCUT2D eigenvalue weighted by Gasteiger charge is 2.33. The Morgan fingerprint density at radius 2 is 1.80 bits per heavy atom. The van der Waals surface area contributed by atoms with Gasteiger partial charge < -0.3 is 4.74 Å². The number of rotatable bonds is 6. The van der Waals surface area contributed by atoms with Crippen LogP contribution in [0.15, 0.2) is 54.9 Å². The molecule has 30 heavy (non-hydrogen) atoms. The number of halogens is 4. The molecule has 0 aliphatic carbocycles. The van der Waals surface area contributed by atoms with Crippen LogP contribution in [0, 0.1) is 17.1 Å². The number of nitriles is 1. The van der Waals surface area contributed by atoms with Crippen molar-refractivity contribution in [2.24, 2.45) is 0 Å². The zero-order chi connectivity index (χ0) is 21.7. The monoisotopic (exact) mass is 417 g/mol. The Hall–Kier alpha value is -4.20. The molecule has 11 heteroatoms. The Morgan fingerprint density at radius 3 is 2.47 bits per heavy atom. The van der Waals surface area contributed by atoms with Crippen molar-refractivity contribution in [3.8, 4) is 17.6 Å². The first-order chi connectivity index (χ1) is 14.3. The quantitative estimate of drug-likeness (QED) is 0.366. The molecule has 0 fully saturated rings. The molecule has 0 aliphatic rings. The lowest BCUT2D eigenvalue weighted by Gasteiger charge is -2.21. The number of pyridine rings is 2. The molecular formula is C19H11F4N5O2. The SMILES string of the molecule is N#Cc1cc(Oc2ccc(NN(C=O)c3ccnc(C(F)(F)F)c3)c(F)c2)ccn1. The lowest BCUT2D eigenvalue weighted by atomic mass is 10.3. The van der Waals surface area contributed by atoms with Gasteiger partial charge in [0.15, 0.2) is 5.82 Å². The number of carbonyl (C=O) groups is 1. The first kappa shape index (κ1) is 20.5. The van der Waals surface area contributed by atoms with Crippen LogP contribution in [-0.2, 0) is 11.0 Å². The molecule has 0 bridgehead atoms. The van der Waals surface area contributed by atoms with Crippen LogP contribution in [0.5, 0.6) is 11.5 Å². The molecule has 0 unspecified atom stereocenters. The van der Waals surface area contributed by atoms with Crippen LogP contribution in [0.25, 0.3) is 0 Å². The van der Waals surface area contributed by atoms with E-state index >= 15 is 0 Å². The molecule has 1 aromatic carbocycles. The number of hydrogen-bond donors (Lipinski definition) is 1. The summed E-state index contributed by atoms with van der Waals surface area (Å²) in [4.78, 5) is 18.3. The Labute approximate surface area is 167 Å². The third-order valence-corrected chi connectivity index (χ3v) is 3.68. The summed E-state index contributed by atoms with van der Waals surface area (Å²) < 4.78 is 58.3. The van der Waals surface area contributed by atoms with E-state index in [9.17, 15) is 22.4 Å². The van der Waals surface area contributed by atoms with Crippen molar-refractivity contribution in [1.29, 1.82) is 5.26 Å². The molecule has 1 N–H and O–H groups in total. The highest BCUT2D eigenvalue weighted by atomic mass is 19.4. The van der Waals surface area contributed by atoms with Crippen molar-refractivity contribution < 1.29 is 27.1 Å². The summed E-state index contributed by atoms with van der Waals surface area (Å²) in [5.74, 6) is -0.485. The smallest absolute Gasteiger partial charge is 0.433 e. The topological polar surface area (TPSA) is 91.1 Å². The van der Waals surface area contributed by atoms with E-state index in [0.29, 0.717) is 11.1 Å². The zero-order valence-corrected chi connectivity index (χ0v) is 14.9. The second kappa shape index (κ2) is 8.44. The largest absolute Gasteiger partial charge is 0.457 e. The van der Waals surface area contributed by atoms with E-state index in [0.717, 1.165) is 18.3 Å². The van der Waals surface area contributed by atoms with Gasteiger partial charge >= 0.3 is 6.18 Å². The predicted octanol–water partition coefficient (Wildman–Crippen LogP) is 4.29. The minimum absolute atomic E-state index is 0.0917. The van der Waals surface area contributed by atoms with Gasteiger partial charge in [0.2, 0.25) is 6.41 Å². The molecule has 2 aromatic heterocycles. The second-order valence-electron chi connectivity index (χ2n) is 5.72. The summed E-state index contributed by atoms with van der Waals surface area (Å²) in [5, 5.41) is 9.51. The number of alkyl halides is 3. The van der Waals surface area contributed by atoms with Crippen molar-refractivity contribution >= 4 is 17.8 Å². The Kier molecular flexibility index (Phi) is 5.78. The number of benzene rings is 1. The van der Waals surface area contributed by atoms with Crippen LogP contribution in [0.2, 0.25) is 0 Å².